The van der Waals surface area contributed by atoms with E-state index in [4.69, 9.17) is 21.1 Å². The van der Waals surface area contributed by atoms with Crippen molar-refractivity contribution < 1.29 is 19.1 Å². The van der Waals surface area contributed by atoms with Crippen molar-refractivity contribution in [1.29, 1.82) is 0 Å². The summed E-state index contributed by atoms with van der Waals surface area (Å²) >= 11 is 6.07. The molecule has 0 bridgehead atoms. The third-order valence-corrected chi connectivity index (χ3v) is 4.28. The minimum Gasteiger partial charge on any atom is -0.495 e. The van der Waals surface area contributed by atoms with Crippen molar-refractivity contribution in [1.82, 2.24) is 0 Å². The van der Waals surface area contributed by atoms with E-state index < -0.39 is 0 Å². The fraction of sp³-hybridized carbons (Fsp3) is 0.222. The first-order valence-corrected chi connectivity index (χ1v) is 8.05. The van der Waals surface area contributed by atoms with E-state index in [-0.39, 0.29) is 11.8 Å². The number of carbonyl (C=O) groups is 2. The number of amides is 2. The summed E-state index contributed by atoms with van der Waals surface area (Å²) in [5, 5.41) is 5.99. The zero-order valence-corrected chi connectivity index (χ0v) is 14.6. The second-order valence-corrected chi connectivity index (χ2v) is 5.97. The highest BCUT2D eigenvalue weighted by molar-refractivity contribution is 6.32. The zero-order valence-electron chi connectivity index (χ0n) is 13.8. The molecule has 0 radical (unpaired) electrons. The largest absolute Gasteiger partial charge is 0.495 e. The van der Waals surface area contributed by atoms with E-state index >= 15 is 0 Å². The number of hydrogen-bond acceptors (Lipinski definition) is 4. The molecule has 0 saturated heterocycles. The van der Waals surface area contributed by atoms with Gasteiger partial charge in [-0.1, -0.05) is 11.6 Å². The number of carbonyl (C=O) groups excluding carboxylic acids is 2. The summed E-state index contributed by atoms with van der Waals surface area (Å²) in [7, 11) is 2.99. The molecule has 6 nitrogen and oxygen atoms in total. The highest BCUT2D eigenvalue weighted by Gasteiger charge is 2.18. The number of methoxy groups -OCH3 is 2. The summed E-state index contributed by atoms with van der Waals surface area (Å²) in [5.41, 5.74) is 2.64. The smallest absolute Gasteiger partial charge is 0.255 e. The summed E-state index contributed by atoms with van der Waals surface area (Å²) in [4.78, 5) is 24.0. The van der Waals surface area contributed by atoms with Gasteiger partial charge in [0.15, 0.2) is 0 Å². The molecule has 0 atom stereocenters. The summed E-state index contributed by atoms with van der Waals surface area (Å²) in [6.07, 6.45) is 1.03. The predicted octanol–water partition coefficient (Wildman–Crippen LogP) is 3.49. The quantitative estimate of drug-likeness (QED) is 0.875. The van der Waals surface area contributed by atoms with Crippen molar-refractivity contribution in [2.24, 2.45) is 0 Å². The molecule has 0 spiro atoms. The molecule has 0 aliphatic carbocycles. The number of aryl methyl sites for hydroxylation is 1. The Bertz CT molecular complexity index is 851. The van der Waals surface area contributed by atoms with Crippen molar-refractivity contribution in [3.8, 4) is 11.5 Å². The third-order valence-electron chi connectivity index (χ3n) is 3.99. The lowest BCUT2D eigenvalue weighted by atomic mass is 10.00. The number of ether oxygens (including phenoxy) is 2. The van der Waals surface area contributed by atoms with Gasteiger partial charge in [-0.3, -0.25) is 9.59 Å². The van der Waals surface area contributed by atoms with Crippen LogP contribution in [0.15, 0.2) is 30.3 Å². The first-order valence-electron chi connectivity index (χ1n) is 7.67. The summed E-state index contributed by atoms with van der Waals surface area (Å²) in [6.45, 7) is 0. The fourth-order valence-electron chi connectivity index (χ4n) is 2.68. The molecule has 2 aromatic rings. The van der Waals surface area contributed by atoms with Crippen molar-refractivity contribution >= 4 is 34.8 Å². The molecule has 0 saturated carbocycles. The minimum absolute atomic E-state index is 0.0114. The van der Waals surface area contributed by atoms with Gasteiger partial charge in [0.05, 0.1) is 24.9 Å². The van der Waals surface area contributed by atoms with E-state index in [1.807, 2.05) is 0 Å². The monoisotopic (exact) mass is 360 g/mol. The molecule has 1 aliphatic rings. The van der Waals surface area contributed by atoms with Crippen LogP contribution in [0.3, 0.4) is 0 Å². The fourth-order valence-corrected chi connectivity index (χ4v) is 2.91. The van der Waals surface area contributed by atoms with E-state index in [0.717, 1.165) is 11.3 Å². The number of fused-ring (bicyclic) bond motifs is 1. The number of benzene rings is 2. The van der Waals surface area contributed by atoms with Gasteiger partial charge in [-0.2, -0.15) is 0 Å². The van der Waals surface area contributed by atoms with E-state index in [0.29, 0.717) is 40.6 Å². The maximum Gasteiger partial charge on any atom is 0.255 e. The van der Waals surface area contributed by atoms with Crippen LogP contribution >= 0.6 is 11.6 Å². The van der Waals surface area contributed by atoms with Crippen LogP contribution in [0.4, 0.5) is 11.4 Å². The Hall–Kier alpha value is -2.73. The van der Waals surface area contributed by atoms with E-state index in [1.54, 1.807) is 30.3 Å². The van der Waals surface area contributed by atoms with Crippen molar-refractivity contribution in [2.75, 3.05) is 24.9 Å². The SMILES string of the molecule is COc1cc(NC(=O)c2ccc3c(c2)CCC(=O)N3)c(OC)cc1Cl. The van der Waals surface area contributed by atoms with Crippen LogP contribution in [0.2, 0.25) is 5.02 Å². The molecule has 0 fully saturated rings. The lowest BCUT2D eigenvalue weighted by Gasteiger charge is -2.18. The molecule has 1 aliphatic heterocycles. The molecule has 3 rings (SSSR count). The van der Waals surface area contributed by atoms with Crippen molar-refractivity contribution in [3.63, 3.8) is 0 Å². The normalized spacial score (nSPS) is 12.8. The molecule has 7 heteroatoms. The van der Waals surface area contributed by atoms with E-state index in [9.17, 15) is 9.59 Å². The van der Waals surface area contributed by atoms with Crippen LogP contribution in [-0.4, -0.2) is 26.0 Å². The molecule has 1 heterocycles. The number of halogens is 1. The van der Waals surface area contributed by atoms with Crippen LogP contribution in [0, 0.1) is 0 Å². The number of rotatable bonds is 4. The molecule has 25 heavy (non-hydrogen) atoms. The molecule has 0 aromatic heterocycles. The molecule has 2 aromatic carbocycles. The molecular formula is C18H17ClN2O4. The van der Waals surface area contributed by atoms with Gasteiger partial charge in [-0.25, -0.2) is 0 Å². The van der Waals surface area contributed by atoms with Gasteiger partial charge < -0.3 is 20.1 Å². The number of nitrogens with one attached hydrogen (secondary N) is 2. The molecule has 2 amide bonds. The Morgan fingerprint density at radius 2 is 1.88 bits per heavy atom. The summed E-state index contributed by atoms with van der Waals surface area (Å²) in [5.74, 6) is 0.570. The highest BCUT2D eigenvalue weighted by atomic mass is 35.5. The van der Waals surface area contributed by atoms with Crippen molar-refractivity contribution in [3.05, 3.63) is 46.5 Å². The van der Waals surface area contributed by atoms with Crippen molar-refractivity contribution in [2.45, 2.75) is 12.8 Å². The second-order valence-electron chi connectivity index (χ2n) is 5.56. The minimum atomic E-state index is -0.289. The Balaban J connectivity index is 1.86. The number of hydrogen-bond donors (Lipinski definition) is 2. The van der Waals surface area contributed by atoms with Gasteiger partial charge in [-0.05, 0) is 30.2 Å². The maximum atomic E-state index is 12.6. The maximum absolute atomic E-state index is 12.6. The first-order chi connectivity index (χ1) is 12.0. The predicted molar refractivity (Wildman–Crippen MR) is 95.9 cm³/mol. The zero-order chi connectivity index (χ0) is 18.0. The second kappa shape index (κ2) is 7.03. The van der Waals surface area contributed by atoms with Gasteiger partial charge in [-0.15, -0.1) is 0 Å². The Morgan fingerprint density at radius 3 is 2.60 bits per heavy atom. The van der Waals surface area contributed by atoms with Gasteiger partial charge in [0.25, 0.3) is 5.91 Å². The Kier molecular flexibility index (Phi) is 4.81. The van der Waals surface area contributed by atoms with Crippen LogP contribution in [-0.2, 0) is 11.2 Å². The lowest BCUT2D eigenvalue weighted by Crippen LogP contribution is -2.20. The average Bonchev–Trinajstić information content (AvgIpc) is 2.62. The van der Waals surface area contributed by atoms with Gasteiger partial charge in [0, 0.05) is 29.8 Å². The summed E-state index contributed by atoms with van der Waals surface area (Å²) in [6, 6.07) is 8.38. The Labute approximate surface area is 150 Å². The molecule has 2 N–H and O–H groups in total. The highest BCUT2D eigenvalue weighted by Crippen LogP contribution is 2.36. The van der Waals surface area contributed by atoms with Gasteiger partial charge >= 0.3 is 0 Å². The third kappa shape index (κ3) is 3.53. The van der Waals surface area contributed by atoms with Crippen LogP contribution in [0.25, 0.3) is 0 Å². The number of anilines is 2. The molecule has 0 unspecified atom stereocenters. The van der Waals surface area contributed by atoms with Gasteiger partial charge in [0.1, 0.15) is 11.5 Å². The first kappa shape index (κ1) is 17.1. The van der Waals surface area contributed by atoms with E-state index in [1.165, 1.54) is 14.2 Å². The Morgan fingerprint density at radius 1 is 1.12 bits per heavy atom. The topological polar surface area (TPSA) is 76.7 Å². The molecular weight excluding hydrogens is 344 g/mol. The van der Waals surface area contributed by atoms with E-state index in [2.05, 4.69) is 10.6 Å². The standard InChI is InChI=1S/C18H17ClN2O4/c1-24-15-9-14(16(25-2)8-12(15)19)21-18(23)11-3-5-13-10(7-11)4-6-17(22)20-13/h3,5,7-9H,4,6H2,1-2H3,(H,20,22)(H,21,23). The van der Waals surface area contributed by atoms with Crippen LogP contribution in [0.5, 0.6) is 11.5 Å². The lowest BCUT2D eigenvalue weighted by molar-refractivity contribution is -0.116. The average molecular weight is 361 g/mol. The molecule has 130 valence electrons. The summed E-state index contributed by atoms with van der Waals surface area (Å²) < 4.78 is 10.4. The van der Waals surface area contributed by atoms with Crippen LogP contribution in [0.1, 0.15) is 22.3 Å². The van der Waals surface area contributed by atoms with Gasteiger partial charge in [0.2, 0.25) is 5.91 Å². The van der Waals surface area contributed by atoms with Crippen LogP contribution < -0.4 is 20.1 Å².